The maximum absolute atomic E-state index is 11.7. The minimum Gasteiger partial charge on any atom is -0.346 e. The summed E-state index contributed by atoms with van der Waals surface area (Å²) in [5.74, 6) is 0.311. The highest BCUT2D eigenvalue weighted by Gasteiger charge is 2.21. The molecule has 1 N–H and O–H groups in total. The topological polar surface area (TPSA) is 46.2 Å². The highest BCUT2D eigenvalue weighted by atomic mass is 16.2. The zero-order valence-corrected chi connectivity index (χ0v) is 11.7. The van der Waals surface area contributed by atoms with E-state index in [0.717, 1.165) is 12.8 Å². The predicted molar refractivity (Wildman–Crippen MR) is 70.8 cm³/mol. The van der Waals surface area contributed by atoms with Crippen molar-refractivity contribution in [1.82, 2.24) is 5.32 Å². The number of unbranched alkanes of at least 4 members (excludes halogenated alkanes) is 3. The average Bonchev–Trinajstić information content (AvgIpc) is 2.30. The Morgan fingerprint density at radius 3 is 2.18 bits per heavy atom. The average molecular weight is 241 g/mol. The summed E-state index contributed by atoms with van der Waals surface area (Å²) in [7, 11) is 0. The van der Waals surface area contributed by atoms with Crippen molar-refractivity contribution >= 4 is 11.7 Å². The predicted octanol–water partition coefficient (Wildman–Crippen LogP) is 3.08. The molecule has 1 amide bonds. The Balaban J connectivity index is 4.00. The third-order valence-corrected chi connectivity index (χ3v) is 2.94. The molecular weight excluding hydrogens is 214 g/mol. The molecule has 0 aliphatic heterocycles. The van der Waals surface area contributed by atoms with Gasteiger partial charge in [-0.1, -0.05) is 47.0 Å². The Bertz CT molecular complexity index is 236. The van der Waals surface area contributed by atoms with E-state index < -0.39 is 0 Å². The van der Waals surface area contributed by atoms with Crippen LogP contribution in [-0.4, -0.2) is 17.7 Å². The van der Waals surface area contributed by atoms with Crippen molar-refractivity contribution < 1.29 is 9.59 Å². The minimum absolute atomic E-state index is 0.0154. The first-order valence-electron chi connectivity index (χ1n) is 6.84. The molecule has 0 rings (SSSR count). The second-order valence-corrected chi connectivity index (χ2v) is 4.92. The number of Topliss-reactive ketones (excluding diaryl/α,β-unsaturated/α-hetero) is 1. The maximum atomic E-state index is 11.7. The number of nitrogens with one attached hydrogen (secondary N) is 1. The molecule has 0 spiro atoms. The SMILES string of the molecule is CCCCCCC(=O)N[C@H](C(=O)CC)C(C)C. The Hall–Kier alpha value is -0.860. The second kappa shape index (κ2) is 9.20. The van der Waals surface area contributed by atoms with Gasteiger partial charge in [0.05, 0.1) is 6.04 Å². The number of ketones is 1. The zero-order valence-electron chi connectivity index (χ0n) is 11.7. The molecule has 0 aliphatic rings. The molecule has 1 atom stereocenters. The largest absolute Gasteiger partial charge is 0.346 e. The molecule has 0 saturated carbocycles. The highest BCUT2D eigenvalue weighted by Crippen LogP contribution is 2.07. The number of carbonyl (C=O) groups is 2. The van der Waals surface area contributed by atoms with Crippen LogP contribution in [0.4, 0.5) is 0 Å². The van der Waals surface area contributed by atoms with Crippen molar-refractivity contribution in [2.45, 2.75) is 72.3 Å². The van der Waals surface area contributed by atoms with Gasteiger partial charge in [-0.25, -0.2) is 0 Å². The van der Waals surface area contributed by atoms with E-state index in [0.29, 0.717) is 12.8 Å². The summed E-state index contributed by atoms with van der Waals surface area (Å²) in [6, 6.07) is -0.307. The Labute approximate surface area is 105 Å². The maximum Gasteiger partial charge on any atom is 0.220 e. The lowest BCUT2D eigenvalue weighted by molar-refractivity contribution is -0.128. The molecule has 0 bridgehead atoms. The number of amides is 1. The van der Waals surface area contributed by atoms with Crippen molar-refractivity contribution in [2.75, 3.05) is 0 Å². The summed E-state index contributed by atoms with van der Waals surface area (Å²) in [6.45, 7) is 7.92. The molecule has 0 radical (unpaired) electrons. The fourth-order valence-corrected chi connectivity index (χ4v) is 1.80. The smallest absolute Gasteiger partial charge is 0.220 e. The van der Waals surface area contributed by atoms with E-state index in [1.54, 1.807) is 0 Å². The van der Waals surface area contributed by atoms with Crippen LogP contribution in [0.2, 0.25) is 0 Å². The van der Waals surface area contributed by atoms with Crippen LogP contribution in [0, 0.1) is 5.92 Å². The third kappa shape index (κ3) is 7.14. The van der Waals surface area contributed by atoms with Crippen LogP contribution in [0.3, 0.4) is 0 Å². The molecule has 3 nitrogen and oxygen atoms in total. The zero-order chi connectivity index (χ0) is 13.3. The molecule has 0 fully saturated rings. The summed E-state index contributed by atoms with van der Waals surface area (Å²) in [4.78, 5) is 23.3. The van der Waals surface area contributed by atoms with E-state index in [9.17, 15) is 9.59 Å². The summed E-state index contributed by atoms with van der Waals surface area (Å²) in [5, 5.41) is 2.86. The van der Waals surface area contributed by atoms with Gasteiger partial charge in [-0.15, -0.1) is 0 Å². The second-order valence-electron chi connectivity index (χ2n) is 4.92. The number of rotatable bonds is 9. The van der Waals surface area contributed by atoms with Crippen LogP contribution in [0.5, 0.6) is 0 Å². The number of carbonyl (C=O) groups excluding carboxylic acids is 2. The monoisotopic (exact) mass is 241 g/mol. The third-order valence-electron chi connectivity index (χ3n) is 2.94. The van der Waals surface area contributed by atoms with Gasteiger partial charge >= 0.3 is 0 Å². The van der Waals surface area contributed by atoms with E-state index in [2.05, 4.69) is 12.2 Å². The van der Waals surface area contributed by atoms with Crippen LogP contribution in [0.15, 0.2) is 0 Å². The highest BCUT2D eigenvalue weighted by molar-refractivity contribution is 5.89. The van der Waals surface area contributed by atoms with E-state index in [1.165, 1.54) is 12.8 Å². The van der Waals surface area contributed by atoms with Gasteiger partial charge in [0, 0.05) is 12.8 Å². The van der Waals surface area contributed by atoms with Crippen molar-refractivity contribution in [1.29, 1.82) is 0 Å². The molecule has 0 heterocycles. The first-order valence-corrected chi connectivity index (χ1v) is 6.84. The quantitative estimate of drug-likeness (QED) is 0.631. The molecule has 0 saturated heterocycles. The molecule has 0 aromatic carbocycles. The molecule has 3 heteroatoms. The normalized spacial score (nSPS) is 12.5. The van der Waals surface area contributed by atoms with Crippen molar-refractivity contribution in [2.24, 2.45) is 5.92 Å². The van der Waals surface area contributed by atoms with Crippen LogP contribution in [0.1, 0.15) is 66.2 Å². The number of hydrogen-bond acceptors (Lipinski definition) is 2. The molecule has 0 aromatic rings. The fraction of sp³-hybridized carbons (Fsp3) is 0.857. The summed E-state index contributed by atoms with van der Waals surface area (Å²) >= 11 is 0. The van der Waals surface area contributed by atoms with Crippen LogP contribution >= 0.6 is 0 Å². The van der Waals surface area contributed by atoms with E-state index >= 15 is 0 Å². The Kier molecular flexibility index (Phi) is 8.73. The van der Waals surface area contributed by atoms with Crippen molar-refractivity contribution in [3.8, 4) is 0 Å². The van der Waals surface area contributed by atoms with E-state index in [4.69, 9.17) is 0 Å². The lowest BCUT2D eigenvalue weighted by atomic mass is 9.98. The molecule has 17 heavy (non-hydrogen) atoms. The first kappa shape index (κ1) is 16.1. The fourth-order valence-electron chi connectivity index (χ4n) is 1.80. The lowest BCUT2D eigenvalue weighted by Crippen LogP contribution is -2.44. The molecular formula is C14H27NO2. The van der Waals surface area contributed by atoms with Gasteiger partial charge in [-0.2, -0.15) is 0 Å². The first-order chi connectivity index (χ1) is 8.02. The van der Waals surface area contributed by atoms with Crippen LogP contribution in [0.25, 0.3) is 0 Å². The van der Waals surface area contributed by atoms with E-state index in [1.807, 2.05) is 20.8 Å². The summed E-state index contributed by atoms with van der Waals surface area (Å²) < 4.78 is 0. The lowest BCUT2D eigenvalue weighted by Gasteiger charge is -2.20. The van der Waals surface area contributed by atoms with Gasteiger partial charge in [0.2, 0.25) is 5.91 Å². The van der Waals surface area contributed by atoms with Gasteiger partial charge in [-0.05, 0) is 12.3 Å². The Morgan fingerprint density at radius 1 is 1.06 bits per heavy atom. The van der Waals surface area contributed by atoms with Crippen LogP contribution in [-0.2, 0) is 9.59 Å². The van der Waals surface area contributed by atoms with E-state index in [-0.39, 0.29) is 23.7 Å². The van der Waals surface area contributed by atoms with Gasteiger partial charge in [0.25, 0.3) is 0 Å². The van der Waals surface area contributed by atoms with Gasteiger partial charge in [0.1, 0.15) is 0 Å². The van der Waals surface area contributed by atoms with Crippen molar-refractivity contribution in [3.63, 3.8) is 0 Å². The van der Waals surface area contributed by atoms with Gasteiger partial charge in [-0.3, -0.25) is 9.59 Å². The molecule has 0 aromatic heterocycles. The van der Waals surface area contributed by atoms with Gasteiger partial charge in [0.15, 0.2) is 5.78 Å². The van der Waals surface area contributed by atoms with Gasteiger partial charge < -0.3 is 5.32 Å². The standard InChI is InChI=1S/C14H27NO2/c1-5-7-8-9-10-13(17)15-14(11(3)4)12(16)6-2/h11,14H,5-10H2,1-4H3,(H,15,17)/t14-/m0/s1. The molecule has 100 valence electrons. The number of hydrogen-bond donors (Lipinski definition) is 1. The Morgan fingerprint density at radius 2 is 1.71 bits per heavy atom. The minimum atomic E-state index is -0.307. The summed E-state index contributed by atoms with van der Waals surface area (Å²) in [5.41, 5.74) is 0. The van der Waals surface area contributed by atoms with Crippen molar-refractivity contribution in [3.05, 3.63) is 0 Å². The van der Waals surface area contributed by atoms with Crippen LogP contribution < -0.4 is 5.32 Å². The molecule has 0 unspecified atom stereocenters. The summed E-state index contributed by atoms with van der Waals surface area (Å²) in [6.07, 6.45) is 5.39. The molecule has 0 aliphatic carbocycles.